The molecule has 2 aromatic rings. The van der Waals surface area contributed by atoms with E-state index in [1.54, 1.807) is 6.07 Å². The minimum atomic E-state index is -4.68. The second-order valence-electron chi connectivity index (χ2n) is 12.2. The Morgan fingerprint density at radius 2 is 1.79 bits per heavy atom. The fraction of sp³-hybridized carbons (Fsp3) is 0.533. The first-order valence-electron chi connectivity index (χ1n) is 13.9. The highest BCUT2D eigenvalue weighted by Crippen LogP contribution is 2.43. The zero-order chi connectivity index (χ0) is 31.1. The van der Waals surface area contributed by atoms with E-state index in [4.69, 9.17) is 9.84 Å². The van der Waals surface area contributed by atoms with E-state index in [0.29, 0.717) is 43.5 Å². The third-order valence-electron chi connectivity index (χ3n) is 7.44. The number of alkyl halides is 3. The summed E-state index contributed by atoms with van der Waals surface area (Å²) in [5.41, 5.74) is 0.800. The second-order valence-corrected chi connectivity index (χ2v) is 14.1. The third kappa shape index (κ3) is 7.28. The number of halogens is 3. The Kier molecular flexibility index (Phi) is 9.07. The number of hydrogen-bond donors (Lipinski definition) is 2. The number of benzene rings is 2. The molecule has 2 aliphatic heterocycles. The van der Waals surface area contributed by atoms with Gasteiger partial charge in [-0.05, 0) is 82.3 Å². The SMILES string of the molecule is CN(CCN1CCN(S(=O)(=O)c2cccc(C(F)(F)F)c2)c2cc(C3=CC(C)(C)OC(C)(C)C3)ccc21)CC(O)CO. The number of hydrogen-bond acceptors (Lipinski definition) is 7. The summed E-state index contributed by atoms with van der Waals surface area (Å²) in [5, 5.41) is 19.0. The van der Waals surface area contributed by atoms with Gasteiger partial charge in [0.25, 0.3) is 10.0 Å². The van der Waals surface area contributed by atoms with Gasteiger partial charge in [0.05, 0.1) is 52.3 Å². The average Bonchev–Trinajstić information content (AvgIpc) is 2.89. The van der Waals surface area contributed by atoms with Crippen molar-refractivity contribution in [1.82, 2.24) is 4.90 Å². The lowest BCUT2D eigenvalue weighted by atomic mass is 9.85. The van der Waals surface area contributed by atoms with E-state index in [0.717, 1.165) is 23.3 Å². The third-order valence-corrected chi connectivity index (χ3v) is 9.25. The highest BCUT2D eigenvalue weighted by atomic mass is 32.2. The predicted molar refractivity (Wildman–Crippen MR) is 157 cm³/mol. The van der Waals surface area contributed by atoms with Gasteiger partial charge in [-0.1, -0.05) is 12.1 Å². The minimum Gasteiger partial charge on any atom is -0.394 e. The van der Waals surface area contributed by atoms with Crippen molar-refractivity contribution in [2.75, 3.05) is 55.6 Å². The van der Waals surface area contributed by atoms with Gasteiger partial charge in [0.2, 0.25) is 0 Å². The van der Waals surface area contributed by atoms with Crippen molar-refractivity contribution in [3.63, 3.8) is 0 Å². The summed E-state index contributed by atoms with van der Waals surface area (Å²) in [6.45, 7) is 9.23. The molecule has 0 aliphatic carbocycles. The number of sulfonamides is 1. The number of aliphatic hydroxyl groups excluding tert-OH is 2. The van der Waals surface area contributed by atoms with Crippen molar-refractivity contribution in [1.29, 1.82) is 0 Å². The maximum absolute atomic E-state index is 13.9. The molecule has 12 heteroatoms. The Hall–Kier alpha value is -2.64. The van der Waals surface area contributed by atoms with Crippen LogP contribution in [0.5, 0.6) is 0 Å². The van der Waals surface area contributed by atoms with Crippen LogP contribution in [0.4, 0.5) is 24.5 Å². The molecule has 1 atom stereocenters. The normalized spacial score (nSPS) is 19.5. The zero-order valence-electron chi connectivity index (χ0n) is 24.6. The largest absolute Gasteiger partial charge is 0.416 e. The highest BCUT2D eigenvalue weighted by molar-refractivity contribution is 7.92. The van der Waals surface area contributed by atoms with Gasteiger partial charge < -0.3 is 24.7 Å². The van der Waals surface area contributed by atoms with Crippen LogP contribution in [0.2, 0.25) is 0 Å². The lowest BCUT2D eigenvalue weighted by molar-refractivity contribution is -0.137. The summed E-state index contributed by atoms with van der Waals surface area (Å²) in [6.07, 6.45) is -2.94. The van der Waals surface area contributed by atoms with Crippen molar-refractivity contribution >= 4 is 27.0 Å². The first kappa shape index (κ1) is 32.3. The second kappa shape index (κ2) is 11.8. The molecule has 0 radical (unpaired) electrons. The molecular formula is C30H40F3N3O5S. The molecule has 0 fully saturated rings. The fourth-order valence-electron chi connectivity index (χ4n) is 5.78. The van der Waals surface area contributed by atoms with Gasteiger partial charge in [-0.2, -0.15) is 13.2 Å². The van der Waals surface area contributed by atoms with E-state index in [1.165, 1.54) is 10.4 Å². The molecular weight excluding hydrogens is 571 g/mol. The smallest absolute Gasteiger partial charge is 0.394 e. The van der Waals surface area contributed by atoms with Crippen molar-refractivity contribution in [3.8, 4) is 0 Å². The highest BCUT2D eigenvalue weighted by Gasteiger charge is 2.37. The Morgan fingerprint density at radius 3 is 2.43 bits per heavy atom. The molecule has 0 amide bonds. The number of likely N-dealkylation sites (N-methyl/N-ethyl adjacent to an activating group) is 1. The van der Waals surface area contributed by atoms with E-state index in [9.17, 15) is 26.7 Å². The number of fused-ring (bicyclic) bond motifs is 1. The van der Waals surface area contributed by atoms with Crippen molar-refractivity contribution in [2.45, 2.75) is 62.5 Å². The first-order valence-corrected chi connectivity index (χ1v) is 15.3. The van der Waals surface area contributed by atoms with Gasteiger partial charge in [-0.3, -0.25) is 4.31 Å². The zero-order valence-corrected chi connectivity index (χ0v) is 25.5. The van der Waals surface area contributed by atoms with Crippen LogP contribution in [-0.2, 0) is 20.9 Å². The van der Waals surface area contributed by atoms with E-state index < -0.39 is 44.0 Å². The van der Waals surface area contributed by atoms with Gasteiger partial charge in [0.15, 0.2) is 0 Å². The quantitative estimate of drug-likeness (QED) is 0.435. The van der Waals surface area contributed by atoms with Gasteiger partial charge in [-0.25, -0.2) is 8.42 Å². The van der Waals surface area contributed by atoms with Crippen LogP contribution in [-0.4, -0.2) is 87.2 Å². The minimum absolute atomic E-state index is 0.0388. The summed E-state index contributed by atoms with van der Waals surface area (Å²) < 4.78 is 75.6. The maximum Gasteiger partial charge on any atom is 0.416 e. The molecule has 0 saturated carbocycles. The van der Waals surface area contributed by atoms with Crippen LogP contribution in [0.25, 0.3) is 5.57 Å². The molecule has 2 aromatic carbocycles. The van der Waals surface area contributed by atoms with Crippen LogP contribution in [0.3, 0.4) is 0 Å². The number of nitrogens with zero attached hydrogens (tertiary/aromatic N) is 3. The molecule has 2 N–H and O–H groups in total. The maximum atomic E-state index is 13.9. The topological polar surface area (TPSA) is 93.6 Å². The van der Waals surface area contributed by atoms with Crippen LogP contribution >= 0.6 is 0 Å². The molecule has 2 heterocycles. The van der Waals surface area contributed by atoms with Crippen molar-refractivity contribution in [2.24, 2.45) is 0 Å². The Morgan fingerprint density at radius 1 is 1.07 bits per heavy atom. The van der Waals surface area contributed by atoms with E-state index in [-0.39, 0.29) is 19.7 Å². The van der Waals surface area contributed by atoms with E-state index in [1.807, 2.05) is 62.8 Å². The number of aliphatic hydroxyl groups is 2. The van der Waals surface area contributed by atoms with Crippen molar-refractivity contribution in [3.05, 3.63) is 59.7 Å². The van der Waals surface area contributed by atoms with Gasteiger partial charge in [-0.15, -0.1) is 0 Å². The van der Waals surface area contributed by atoms with Crippen molar-refractivity contribution < 1.29 is 36.5 Å². The molecule has 232 valence electrons. The van der Waals surface area contributed by atoms with Gasteiger partial charge in [0, 0.05) is 32.6 Å². The molecule has 42 heavy (non-hydrogen) atoms. The Balaban J connectivity index is 1.76. The summed E-state index contributed by atoms with van der Waals surface area (Å²) in [4.78, 5) is 3.48. The molecule has 0 saturated heterocycles. The molecule has 2 aliphatic rings. The number of rotatable bonds is 9. The summed E-state index contributed by atoms with van der Waals surface area (Å²) in [5.74, 6) is 0. The summed E-state index contributed by atoms with van der Waals surface area (Å²) in [7, 11) is -2.52. The standard InChI is InChI=1S/C30H40F3N3O5S/c1-28(2)17-22(18-29(3,4)41-28)21-9-10-26-27(15-21)36(14-13-35(26)12-11-34(5)19-24(38)20-37)42(39,40)25-8-6-7-23(16-25)30(31,32)33/h6-10,15-17,24,37-38H,11-14,18-20H2,1-5H3. The molecule has 0 spiro atoms. The molecule has 1 unspecified atom stereocenters. The van der Waals surface area contributed by atoms with Gasteiger partial charge >= 0.3 is 6.18 Å². The Labute approximate surface area is 246 Å². The number of anilines is 2. The predicted octanol–water partition coefficient (Wildman–Crippen LogP) is 4.37. The Bertz CT molecular complexity index is 1430. The van der Waals surface area contributed by atoms with Crippen LogP contribution in [0.1, 0.15) is 45.2 Å². The van der Waals surface area contributed by atoms with Crippen LogP contribution in [0.15, 0.2) is 53.4 Å². The summed E-state index contributed by atoms with van der Waals surface area (Å²) in [6, 6.07) is 9.43. The first-order chi connectivity index (χ1) is 19.4. The average molecular weight is 612 g/mol. The molecule has 0 aromatic heterocycles. The fourth-order valence-corrected chi connectivity index (χ4v) is 7.29. The van der Waals surface area contributed by atoms with Crippen LogP contribution < -0.4 is 9.21 Å². The van der Waals surface area contributed by atoms with E-state index in [2.05, 4.69) is 0 Å². The monoisotopic (exact) mass is 611 g/mol. The van der Waals surface area contributed by atoms with E-state index >= 15 is 0 Å². The molecule has 4 rings (SSSR count). The number of ether oxygens (including phenoxy) is 1. The molecule has 8 nitrogen and oxygen atoms in total. The van der Waals surface area contributed by atoms with Gasteiger partial charge in [0.1, 0.15) is 0 Å². The summed E-state index contributed by atoms with van der Waals surface area (Å²) >= 11 is 0. The lowest BCUT2D eigenvalue weighted by Crippen LogP contribution is -2.46. The lowest BCUT2D eigenvalue weighted by Gasteiger charge is -2.41. The molecule has 0 bridgehead atoms. The van der Waals surface area contributed by atoms with Crippen LogP contribution in [0, 0.1) is 0 Å².